The SMILES string of the molecule is CNS(=O)(=O)c1ccc(CNC(=O)C2CC(=O)N(c3ccc(Br)c(C)c3)C2)cc1. The summed E-state index contributed by atoms with van der Waals surface area (Å²) in [5.41, 5.74) is 2.58. The second kappa shape index (κ2) is 8.64. The smallest absolute Gasteiger partial charge is 0.240 e. The van der Waals surface area contributed by atoms with Gasteiger partial charge < -0.3 is 10.2 Å². The zero-order valence-electron chi connectivity index (χ0n) is 16.1. The Kier molecular flexibility index (Phi) is 6.40. The Morgan fingerprint density at radius 2 is 1.90 bits per heavy atom. The van der Waals surface area contributed by atoms with E-state index >= 15 is 0 Å². The van der Waals surface area contributed by atoms with Crippen LogP contribution in [0, 0.1) is 12.8 Å². The Morgan fingerprint density at radius 3 is 2.52 bits per heavy atom. The lowest BCUT2D eigenvalue weighted by atomic mass is 10.1. The van der Waals surface area contributed by atoms with E-state index in [0.29, 0.717) is 6.54 Å². The molecule has 1 aliphatic heterocycles. The average molecular weight is 480 g/mol. The molecule has 1 atom stereocenters. The standard InChI is InChI=1S/C20H22BrN3O4S/c1-13-9-16(5-8-18(13)21)24-12-15(10-19(24)25)20(26)23-11-14-3-6-17(7-4-14)29(27,28)22-2/h3-9,15,22H,10-12H2,1-2H3,(H,23,26). The quantitative estimate of drug-likeness (QED) is 0.664. The van der Waals surface area contributed by atoms with E-state index < -0.39 is 15.9 Å². The molecular formula is C20H22BrN3O4S. The number of carbonyl (C=O) groups excluding carboxylic acids is 2. The zero-order valence-corrected chi connectivity index (χ0v) is 18.5. The molecule has 154 valence electrons. The normalized spacial score (nSPS) is 16.9. The van der Waals surface area contributed by atoms with Gasteiger partial charge in [0.05, 0.1) is 10.8 Å². The fraction of sp³-hybridized carbons (Fsp3) is 0.300. The maximum Gasteiger partial charge on any atom is 0.240 e. The molecule has 3 rings (SSSR count). The summed E-state index contributed by atoms with van der Waals surface area (Å²) in [6, 6.07) is 12.0. The molecule has 2 aromatic carbocycles. The highest BCUT2D eigenvalue weighted by molar-refractivity contribution is 9.10. The molecule has 1 unspecified atom stereocenters. The molecule has 7 nitrogen and oxygen atoms in total. The second-order valence-corrected chi connectivity index (χ2v) is 9.65. The van der Waals surface area contributed by atoms with Crippen molar-refractivity contribution < 1.29 is 18.0 Å². The summed E-state index contributed by atoms with van der Waals surface area (Å²) < 4.78 is 26.7. The molecular weight excluding hydrogens is 458 g/mol. The summed E-state index contributed by atoms with van der Waals surface area (Å²) in [5, 5.41) is 2.84. The van der Waals surface area contributed by atoms with Gasteiger partial charge in [-0.1, -0.05) is 28.1 Å². The number of amides is 2. The first kappa shape index (κ1) is 21.5. The van der Waals surface area contributed by atoms with Gasteiger partial charge in [-0.15, -0.1) is 0 Å². The summed E-state index contributed by atoms with van der Waals surface area (Å²) in [6.45, 7) is 2.55. The van der Waals surface area contributed by atoms with E-state index in [1.165, 1.54) is 19.2 Å². The Morgan fingerprint density at radius 1 is 1.21 bits per heavy atom. The number of carbonyl (C=O) groups is 2. The summed E-state index contributed by atoms with van der Waals surface area (Å²) >= 11 is 3.45. The first-order valence-corrected chi connectivity index (χ1v) is 11.4. The lowest BCUT2D eigenvalue weighted by Crippen LogP contribution is -2.32. The van der Waals surface area contributed by atoms with Crippen molar-refractivity contribution in [3.05, 3.63) is 58.1 Å². The van der Waals surface area contributed by atoms with Gasteiger partial charge in [-0.25, -0.2) is 13.1 Å². The number of sulfonamides is 1. The lowest BCUT2D eigenvalue weighted by molar-refractivity contribution is -0.126. The van der Waals surface area contributed by atoms with Crippen molar-refractivity contribution >= 4 is 43.5 Å². The molecule has 1 heterocycles. The van der Waals surface area contributed by atoms with E-state index in [9.17, 15) is 18.0 Å². The van der Waals surface area contributed by atoms with E-state index in [1.807, 2.05) is 25.1 Å². The van der Waals surface area contributed by atoms with Crippen molar-refractivity contribution in [2.75, 3.05) is 18.5 Å². The van der Waals surface area contributed by atoms with Crippen molar-refractivity contribution in [2.45, 2.75) is 24.8 Å². The average Bonchev–Trinajstić information content (AvgIpc) is 3.10. The fourth-order valence-corrected chi connectivity index (χ4v) is 4.14. The number of rotatable bonds is 6. The van der Waals surface area contributed by atoms with Gasteiger partial charge in [0.1, 0.15) is 0 Å². The molecule has 0 aliphatic carbocycles. The zero-order chi connectivity index (χ0) is 21.2. The van der Waals surface area contributed by atoms with Crippen LogP contribution in [0.5, 0.6) is 0 Å². The molecule has 1 saturated heterocycles. The number of nitrogens with zero attached hydrogens (tertiary/aromatic N) is 1. The van der Waals surface area contributed by atoms with Gasteiger partial charge in [-0.3, -0.25) is 9.59 Å². The molecule has 2 N–H and O–H groups in total. The van der Waals surface area contributed by atoms with Crippen LogP contribution in [0.4, 0.5) is 5.69 Å². The third-order valence-electron chi connectivity index (χ3n) is 4.92. The monoisotopic (exact) mass is 479 g/mol. The number of nitrogens with one attached hydrogen (secondary N) is 2. The maximum absolute atomic E-state index is 12.5. The number of hydrogen-bond acceptors (Lipinski definition) is 4. The Bertz CT molecular complexity index is 1040. The van der Waals surface area contributed by atoms with Crippen molar-refractivity contribution in [3.8, 4) is 0 Å². The van der Waals surface area contributed by atoms with Crippen molar-refractivity contribution in [2.24, 2.45) is 5.92 Å². The third kappa shape index (κ3) is 4.85. The number of anilines is 1. The second-order valence-electron chi connectivity index (χ2n) is 6.91. The van der Waals surface area contributed by atoms with Crippen LogP contribution < -0.4 is 14.9 Å². The highest BCUT2D eigenvalue weighted by Crippen LogP contribution is 2.28. The van der Waals surface area contributed by atoms with Crippen molar-refractivity contribution in [3.63, 3.8) is 0 Å². The van der Waals surface area contributed by atoms with E-state index in [1.54, 1.807) is 17.0 Å². The molecule has 0 saturated carbocycles. The van der Waals surface area contributed by atoms with E-state index in [2.05, 4.69) is 26.0 Å². The molecule has 0 aromatic heterocycles. The summed E-state index contributed by atoms with van der Waals surface area (Å²) in [5.74, 6) is -0.689. The van der Waals surface area contributed by atoms with Crippen LogP contribution >= 0.6 is 15.9 Å². The lowest BCUT2D eigenvalue weighted by Gasteiger charge is -2.18. The molecule has 1 fully saturated rings. The van der Waals surface area contributed by atoms with Gasteiger partial charge in [0.25, 0.3) is 0 Å². The summed E-state index contributed by atoms with van der Waals surface area (Å²) in [6.07, 6.45) is 0.167. The van der Waals surface area contributed by atoms with Gasteiger partial charge in [-0.2, -0.15) is 0 Å². The van der Waals surface area contributed by atoms with Crippen LogP contribution in [0.1, 0.15) is 17.5 Å². The highest BCUT2D eigenvalue weighted by atomic mass is 79.9. The first-order chi connectivity index (χ1) is 13.7. The molecule has 2 amide bonds. The largest absolute Gasteiger partial charge is 0.352 e. The molecule has 1 aliphatic rings. The van der Waals surface area contributed by atoms with Crippen LogP contribution in [0.15, 0.2) is 51.8 Å². The molecule has 9 heteroatoms. The summed E-state index contributed by atoms with van der Waals surface area (Å²) in [7, 11) is -2.13. The number of hydrogen-bond donors (Lipinski definition) is 2. The first-order valence-electron chi connectivity index (χ1n) is 9.08. The van der Waals surface area contributed by atoms with Crippen molar-refractivity contribution in [1.29, 1.82) is 0 Å². The van der Waals surface area contributed by atoms with Gasteiger partial charge in [0.15, 0.2) is 0 Å². The van der Waals surface area contributed by atoms with Crippen molar-refractivity contribution in [1.82, 2.24) is 10.0 Å². The Hall–Kier alpha value is -2.23. The predicted octanol–water partition coefficient (Wildman–Crippen LogP) is 2.33. The molecule has 0 bridgehead atoms. The molecule has 0 radical (unpaired) electrons. The van der Waals surface area contributed by atoms with Gasteiger partial charge in [0.2, 0.25) is 21.8 Å². The Balaban J connectivity index is 1.60. The van der Waals surface area contributed by atoms with Crippen LogP contribution in [-0.2, 0) is 26.2 Å². The summed E-state index contributed by atoms with van der Waals surface area (Å²) in [4.78, 5) is 26.7. The minimum absolute atomic E-state index is 0.0755. The molecule has 0 spiro atoms. The predicted molar refractivity (Wildman–Crippen MR) is 114 cm³/mol. The van der Waals surface area contributed by atoms with Gasteiger partial charge >= 0.3 is 0 Å². The molecule has 29 heavy (non-hydrogen) atoms. The van der Waals surface area contributed by atoms with Crippen LogP contribution in [0.3, 0.4) is 0 Å². The van der Waals surface area contributed by atoms with Crippen LogP contribution in [-0.4, -0.2) is 33.8 Å². The maximum atomic E-state index is 12.5. The topological polar surface area (TPSA) is 95.6 Å². The van der Waals surface area contributed by atoms with Crippen LogP contribution in [0.25, 0.3) is 0 Å². The Labute approximate surface area is 178 Å². The third-order valence-corrected chi connectivity index (χ3v) is 7.24. The van der Waals surface area contributed by atoms with E-state index in [4.69, 9.17) is 0 Å². The molecule has 2 aromatic rings. The number of halogens is 1. The highest BCUT2D eigenvalue weighted by Gasteiger charge is 2.35. The van der Waals surface area contributed by atoms with Gasteiger partial charge in [-0.05, 0) is 55.4 Å². The van der Waals surface area contributed by atoms with Gasteiger partial charge in [0, 0.05) is 29.7 Å². The van der Waals surface area contributed by atoms with Crippen LogP contribution in [0.2, 0.25) is 0 Å². The fourth-order valence-electron chi connectivity index (χ4n) is 3.17. The number of aryl methyl sites for hydroxylation is 1. The minimum atomic E-state index is -3.49. The minimum Gasteiger partial charge on any atom is -0.352 e. The van der Waals surface area contributed by atoms with E-state index in [0.717, 1.165) is 21.3 Å². The van der Waals surface area contributed by atoms with E-state index in [-0.39, 0.29) is 29.7 Å². The number of benzene rings is 2.